The largest absolute Gasteiger partial charge is 0.744 e. The fourth-order valence-electron chi connectivity index (χ4n) is 2.32. The minimum Gasteiger partial charge on any atom is -0.744 e. The molecule has 0 unspecified atom stereocenters. The maximum absolute atomic E-state index is 10.4. The maximum Gasteiger partial charge on any atom is 0.357 e. The third kappa shape index (κ3) is 7.50. The molecule has 6 heteroatoms. The average Bonchev–Trinajstić information content (AvgIpc) is 2.62. The second-order valence-corrected chi connectivity index (χ2v) is 16.9. The first kappa shape index (κ1) is 22.8. The second-order valence-electron chi connectivity index (χ2n) is 7.42. The summed E-state index contributed by atoms with van der Waals surface area (Å²) in [5.74, 6) is 0. The van der Waals surface area contributed by atoms with Gasteiger partial charge in [-0.15, -0.1) is 0 Å². The van der Waals surface area contributed by atoms with E-state index < -0.39 is 18.2 Å². The second kappa shape index (κ2) is 9.82. The van der Waals surface area contributed by atoms with Crippen molar-refractivity contribution >= 4 is 23.4 Å². The number of hydrogen-bond donors (Lipinski definition) is 0. The number of rotatable bonds is 4. The monoisotopic (exact) mass is 524 g/mol. The van der Waals surface area contributed by atoms with Crippen molar-refractivity contribution in [3.63, 3.8) is 0 Å². The van der Waals surface area contributed by atoms with E-state index in [1.54, 1.807) is 17.3 Å². The lowest BCUT2D eigenvalue weighted by atomic mass is 10.2. The van der Waals surface area contributed by atoms with Crippen molar-refractivity contribution in [2.45, 2.75) is 31.5 Å². The molecule has 0 atom stereocenters. The summed E-state index contributed by atoms with van der Waals surface area (Å²) in [7, 11) is -5.43. The number of aryl methyl sites for hydroxylation is 1. The molecule has 3 aromatic carbocycles. The molecular formula is C22H25IO3SSi. The van der Waals surface area contributed by atoms with Gasteiger partial charge in [0.15, 0.2) is 7.14 Å². The Morgan fingerprint density at radius 2 is 1.36 bits per heavy atom. The number of hydrogen-bond acceptors (Lipinski definition) is 3. The standard InChI is InChI=1S/C15H18ISi.C7H8O3S/c1-17(2,3)15-11-7-10-14(12-15)16-13-8-5-4-6-9-13;1-6-2-4-7(5-3-6)11(8,9)10/h4-12H,1-3H3;2-5H,1H3,(H,8,9,10)/q+1;/p-1. The molecule has 0 aliphatic carbocycles. The van der Waals surface area contributed by atoms with Crippen molar-refractivity contribution in [2.24, 2.45) is 0 Å². The molecule has 0 saturated carbocycles. The van der Waals surface area contributed by atoms with Gasteiger partial charge in [-0.3, -0.25) is 0 Å². The predicted octanol–water partition coefficient (Wildman–Crippen LogP) is 1.26. The van der Waals surface area contributed by atoms with Crippen LogP contribution in [-0.4, -0.2) is 21.0 Å². The normalized spacial score (nSPS) is 11.5. The van der Waals surface area contributed by atoms with E-state index in [0.29, 0.717) is 0 Å². The Hall–Kier alpha value is -1.48. The molecule has 0 N–H and O–H groups in total. The smallest absolute Gasteiger partial charge is 0.357 e. The Balaban J connectivity index is 0.000000221. The van der Waals surface area contributed by atoms with E-state index in [1.807, 2.05) is 6.92 Å². The molecule has 3 nitrogen and oxygen atoms in total. The van der Waals surface area contributed by atoms with E-state index in [1.165, 1.54) is 19.3 Å². The molecule has 0 aliphatic heterocycles. The number of benzene rings is 3. The highest BCUT2D eigenvalue weighted by Gasteiger charge is 2.20. The zero-order valence-electron chi connectivity index (χ0n) is 16.5. The fourth-order valence-corrected chi connectivity index (χ4v) is 6.64. The zero-order valence-corrected chi connectivity index (χ0v) is 20.5. The Labute approximate surface area is 179 Å². The first-order valence-electron chi connectivity index (χ1n) is 8.89. The summed E-state index contributed by atoms with van der Waals surface area (Å²) >= 11 is -0.0142. The van der Waals surface area contributed by atoms with Crippen molar-refractivity contribution in [1.82, 2.24) is 0 Å². The van der Waals surface area contributed by atoms with Gasteiger partial charge in [-0.25, -0.2) is 8.42 Å². The van der Waals surface area contributed by atoms with Crippen LogP contribution in [0.1, 0.15) is 5.56 Å². The lowest BCUT2D eigenvalue weighted by Gasteiger charge is -2.15. The highest BCUT2D eigenvalue weighted by molar-refractivity contribution is 7.85. The molecule has 0 spiro atoms. The van der Waals surface area contributed by atoms with Gasteiger partial charge in [0.25, 0.3) is 0 Å². The summed E-state index contributed by atoms with van der Waals surface area (Å²) < 4.78 is 34.2. The summed E-state index contributed by atoms with van der Waals surface area (Å²) in [4.78, 5) is -0.178. The highest BCUT2D eigenvalue weighted by Crippen LogP contribution is 2.08. The van der Waals surface area contributed by atoms with Gasteiger partial charge in [-0.05, 0) is 43.3 Å². The van der Waals surface area contributed by atoms with Gasteiger partial charge in [-0.2, -0.15) is 0 Å². The van der Waals surface area contributed by atoms with Crippen LogP contribution in [0.5, 0.6) is 0 Å². The van der Waals surface area contributed by atoms with Gasteiger partial charge in [0.05, 0.1) is 13.0 Å². The predicted molar refractivity (Wildman–Crippen MR) is 112 cm³/mol. The fraction of sp³-hybridized carbons (Fsp3) is 0.182. The van der Waals surface area contributed by atoms with Crippen molar-refractivity contribution < 1.29 is 34.2 Å². The summed E-state index contributed by atoms with van der Waals surface area (Å²) in [6.07, 6.45) is 0. The molecule has 0 saturated heterocycles. The Morgan fingerprint density at radius 3 is 1.89 bits per heavy atom. The Kier molecular flexibility index (Phi) is 8.00. The molecule has 0 radical (unpaired) electrons. The maximum atomic E-state index is 10.4. The molecule has 0 aromatic heterocycles. The first-order valence-corrected chi connectivity index (χ1v) is 16.0. The van der Waals surface area contributed by atoms with Crippen molar-refractivity contribution in [3.05, 3.63) is 91.6 Å². The summed E-state index contributed by atoms with van der Waals surface area (Å²) in [5, 5.41) is 1.57. The lowest BCUT2D eigenvalue weighted by Crippen LogP contribution is -3.61. The molecule has 0 bridgehead atoms. The van der Waals surface area contributed by atoms with E-state index in [-0.39, 0.29) is 26.1 Å². The molecular weight excluding hydrogens is 499 g/mol. The van der Waals surface area contributed by atoms with Crippen molar-refractivity contribution in [3.8, 4) is 0 Å². The molecule has 3 aromatic rings. The molecule has 28 heavy (non-hydrogen) atoms. The first-order chi connectivity index (χ1) is 13.1. The van der Waals surface area contributed by atoms with Crippen LogP contribution in [0.25, 0.3) is 0 Å². The van der Waals surface area contributed by atoms with Crippen molar-refractivity contribution in [1.29, 1.82) is 0 Å². The molecule has 0 aliphatic rings. The van der Waals surface area contributed by atoms with Crippen LogP contribution in [-0.2, 0) is 10.1 Å². The van der Waals surface area contributed by atoms with Crippen LogP contribution < -0.4 is 26.4 Å². The van der Waals surface area contributed by atoms with E-state index in [9.17, 15) is 13.0 Å². The summed E-state index contributed by atoms with van der Waals surface area (Å²) in [5.41, 5.74) is 0.928. The summed E-state index contributed by atoms with van der Waals surface area (Å²) in [6, 6.07) is 25.9. The molecule has 148 valence electrons. The van der Waals surface area contributed by atoms with Crippen LogP contribution in [0.3, 0.4) is 0 Å². The molecule has 0 amide bonds. The molecule has 3 rings (SSSR count). The van der Waals surface area contributed by atoms with E-state index in [4.69, 9.17) is 0 Å². The van der Waals surface area contributed by atoms with E-state index in [0.717, 1.165) is 5.56 Å². The molecule has 0 fully saturated rings. The zero-order chi connectivity index (χ0) is 20.8. The van der Waals surface area contributed by atoms with Crippen LogP contribution in [0, 0.1) is 14.1 Å². The summed E-state index contributed by atoms with van der Waals surface area (Å²) in [6.45, 7) is 9.05. The van der Waals surface area contributed by atoms with Gasteiger partial charge in [0, 0.05) is 0 Å². The van der Waals surface area contributed by atoms with E-state index in [2.05, 4.69) is 74.2 Å². The van der Waals surface area contributed by atoms with Crippen LogP contribution >= 0.6 is 0 Å². The van der Waals surface area contributed by atoms with Crippen LogP contribution in [0.4, 0.5) is 0 Å². The van der Waals surface area contributed by atoms with E-state index >= 15 is 0 Å². The van der Waals surface area contributed by atoms with Gasteiger partial charge in [0.2, 0.25) is 0 Å². The van der Waals surface area contributed by atoms with Gasteiger partial charge >= 0.3 is 21.2 Å². The van der Waals surface area contributed by atoms with Gasteiger partial charge in [0.1, 0.15) is 10.1 Å². The highest BCUT2D eigenvalue weighted by atomic mass is 127. The SMILES string of the molecule is C[Si](C)(C)c1cccc([I+]c2ccccc2)c1.Cc1ccc(S(=O)(=O)[O-])cc1. The third-order valence-corrected chi connectivity index (χ3v) is 9.48. The topological polar surface area (TPSA) is 57.2 Å². The van der Waals surface area contributed by atoms with Gasteiger partial charge in [-0.1, -0.05) is 72.9 Å². The lowest BCUT2D eigenvalue weighted by molar-refractivity contribution is -0.597. The third-order valence-electron chi connectivity index (χ3n) is 3.95. The van der Waals surface area contributed by atoms with Gasteiger partial charge < -0.3 is 4.55 Å². The quantitative estimate of drug-likeness (QED) is 0.294. The minimum absolute atomic E-state index is 0.0142. The Bertz CT molecular complexity index is 996. The van der Waals surface area contributed by atoms with Crippen LogP contribution in [0.15, 0.2) is 83.8 Å². The number of halogens is 1. The van der Waals surface area contributed by atoms with Crippen molar-refractivity contribution in [2.75, 3.05) is 0 Å². The minimum atomic E-state index is -4.27. The Morgan fingerprint density at radius 1 is 0.786 bits per heavy atom. The van der Waals surface area contributed by atoms with Crippen LogP contribution in [0.2, 0.25) is 19.6 Å². The molecule has 0 heterocycles. The average molecular weight is 524 g/mol.